The van der Waals surface area contributed by atoms with E-state index in [1.54, 1.807) is 0 Å². The molecule has 3 aromatic carbocycles. The molecular formula is C39H48NNaO6. The van der Waals surface area contributed by atoms with Crippen LogP contribution in [-0.4, -0.2) is 28.1 Å². The molecule has 7 nitrogen and oxygen atoms in total. The molecule has 3 N–H and O–H groups in total. The number of amides is 1. The summed E-state index contributed by atoms with van der Waals surface area (Å²) in [6.07, 6.45) is 12.6. The SMILES string of the molecule is CC(C)(C)c1ccc(CC[CH-]CC2CCCCC2)cc1NC(=O)CC1c2ccccc2Oc2ccccc21.O=C(O)CCC(=O)O.[Na+]. The number of anilines is 1. The first-order valence-corrected chi connectivity index (χ1v) is 16.6. The van der Waals surface area contributed by atoms with Gasteiger partial charge in [0.15, 0.2) is 0 Å². The second-order valence-corrected chi connectivity index (χ2v) is 13.5. The Morgan fingerprint density at radius 3 is 1.98 bits per heavy atom. The average Bonchev–Trinajstić information content (AvgIpc) is 3.02. The molecule has 0 spiro atoms. The van der Waals surface area contributed by atoms with Gasteiger partial charge in [0, 0.05) is 29.2 Å². The molecule has 1 amide bonds. The molecule has 1 aliphatic heterocycles. The van der Waals surface area contributed by atoms with Crippen LogP contribution in [-0.2, 0) is 26.2 Å². The van der Waals surface area contributed by atoms with Crippen molar-refractivity contribution in [1.29, 1.82) is 0 Å². The number of aryl methyl sites for hydroxylation is 1. The van der Waals surface area contributed by atoms with Crippen LogP contribution in [0.15, 0.2) is 66.7 Å². The number of hydrogen-bond donors (Lipinski definition) is 3. The van der Waals surface area contributed by atoms with Crippen molar-refractivity contribution in [3.8, 4) is 11.5 Å². The molecule has 5 rings (SSSR count). The Morgan fingerprint density at radius 1 is 0.851 bits per heavy atom. The summed E-state index contributed by atoms with van der Waals surface area (Å²) in [6.45, 7) is 6.63. The standard InChI is InChI=1S/C35H42NO2.C4H6O4.Na/c1-35(2,3)30-22-21-26(16-8-7-15-25-13-5-4-6-14-25)23-31(30)36-34(37)24-29-27-17-9-11-19-32(27)38-33-20-12-10-18-28(29)33;5-3(6)1-2-4(7)8;/h7,9-12,17-23,25,29H,4-6,8,13-16,24H2,1-3H3,(H,36,37);1-2H2,(H,5,6)(H,7,8);/q-1;;+1. The summed E-state index contributed by atoms with van der Waals surface area (Å²) in [7, 11) is 0. The summed E-state index contributed by atoms with van der Waals surface area (Å²) in [6, 6.07) is 22.8. The van der Waals surface area contributed by atoms with Gasteiger partial charge in [-0.15, -0.1) is 0 Å². The van der Waals surface area contributed by atoms with Gasteiger partial charge in [-0.3, -0.25) is 14.4 Å². The van der Waals surface area contributed by atoms with Crippen LogP contribution in [0.25, 0.3) is 0 Å². The van der Waals surface area contributed by atoms with E-state index >= 15 is 0 Å². The molecular weight excluding hydrogens is 601 g/mol. The van der Waals surface area contributed by atoms with E-state index in [-0.39, 0.29) is 59.6 Å². The first-order chi connectivity index (χ1) is 22.0. The van der Waals surface area contributed by atoms with Crippen LogP contribution in [0.3, 0.4) is 0 Å². The van der Waals surface area contributed by atoms with Gasteiger partial charge < -0.3 is 26.7 Å². The van der Waals surface area contributed by atoms with Crippen molar-refractivity contribution < 1.29 is 58.9 Å². The summed E-state index contributed by atoms with van der Waals surface area (Å²) in [4.78, 5) is 32.8. The van der Waals surface area contributed by atoms with E-state index in [0.29, 0.717) is 6.42 Å². The zero-order valence-corrected chi connectivity index (χ0v) is 30.4. The topological polar surface area (TPSA) is 113 Å². The third-order valence-electron chi connectivity index (χ3n) is 8.78. The molecule has 47 heavy (non-hydrogen) atoms. The maximum Gasteiger partial charge on any atom is 1.00 e. The summed E-state index contributed by atoms with van der Waals surface area (Å²) in [5.41, 5.74) is 5.48. The number of nitrogens with one attached hydrogen (secondary N) is 1. The molecule has 1 saturated carbocycles. The Kier molecular flexibility index (Phi) is 15.0. The number of benzene rings is 3. The van der Waals surface area contributed by atoms with Crippen molar-refractivity contribution in [2.75, 3.05) is 5.32 Å². The second kappa shape index (κ2) is 18.4. The van der Waals surface area contributed by atoms with E-state index in [2.05, 4.69) is 62.8 Å². The van der Waals surface area contributed by atoms with E-state index in [1.807, 2.05) is 36.4 Å². The van der Waals surface area contributed by atoms with Crippen LogP contribution in [0.5, 0.6) is 11.5 Å². The van der Waals surface area contributed by atoms with Crippen molar-refractivity contribution >= 4 is 23.5 Å². The number of unbranched alkanes of at least 4 members (excludes halogenated alkanes) is 1. The van der Waals surface area contributed by atoms with Gasteiger partial charge in [0.05, 0.1) is 12.8 Å². The fraction of sp³-hybridized carbons (Fsp3) is 0.436. The molecule has 1 heterocycles. The minimum Gasteiger partial charge on any atom is -0.481 e. The largest absolute Gasteiger partial charge is 1.00 e. The zero-order valence-electron chi connectivity index (χ0n) is 28.4. The van der Waals surface area contributed by atoms with Crippen molar-refractivity contribution in [3.63, 3.8) is 0 Å². The zero-order chi connectivity index (χ0) is 33.1. The molecule has 8 heteroatoms. The summed E-state index contributed by atoms with van der Waals surface area (Å²) in [5, 5.41) is 19.1. The number of carbonyl (C=O) groups excluding carboxylic acids is 1. The van der Waals surface area contributed by atoms with Crippen LogP contribution >= 0.6 is 0 Å². The van der Waals surface area contributed by atoms with Crippen molar-refractivity contribution in [2.24, 2.45) is 5.92 Å². The third-order valence-corrected chi connectivity index (χ3v) is 8.78. The van der Waals surface area contributed by atoms with E-state index in [4.69, 9.17) is 14.9 Å². The Balaban J connectivity index is 0.000000594. The second-order valence-electron chi connectivity index (χ2n) is 13.5. The number of para-hydroxylation sites is 2. The molecule has 0 aromatic heterocycles. The molecule has 1 aliphatic carbocycles. The van der Waals surface area contributed by atoms with E-state index in [0.717, 1.165) is 47.1 Å². The predicted octanol–water partition coefficient (Wildman–Crippen LogP) is 6.30. The van der Waals surface area contributed by atoms with E-state index in [1.165, 1.54) is 49.7 Å². The van der Waals surface area contributed by atoms with E-state index in [9.17, 15) is 14.4 Å². The Labute approximate surface area is 301 Å². The molecule has 0 radical (unpaired) electrons. The fourth-order valence-corrected chi connectivity index (χ4v) is 6.38. The maximum absolute atomic E-state index is 13.6. The van der Waals surface area contributed by atoms with Gasteiger partial charge in [-0.1, -0.05) is 114 Å². The number of hydrogen-bond acceptors (Lipinski definition) is 4. The first kappa shape index (κ1) is 38.3. The maximum atomic E-state index is 13.6. The van der Waals surface area contributed by atoms with Gasteiger partial charge >= 0.3 is 41.5 Å². The monoisotopic (exact) mass is 649 g/mol. The van der Waals surface area contributed by atoms with Crippen LogP contribution in [0.1, 0.15) is 113 Å². The Morgan fingerprint density at radius 2 is 1.43 bits per heavy atom. The molecule has 2 aliphatic rings. The smallest absolute Gasteiger partial charge is 0.481 e. The fourth-order valence-electron chi connectivity index (χ4n) is 6.38. The number of aliphatic carboxylic acids is 2. The number of fused-ring (bicyclic) bond motifs is 2. The minimum absolute atomic E-state index is 0. The van der Waals surface area contributed by atoms with Gasteiger partial charge in [-0.2, -0.15) is 12.8 Å². The van der Waals surface area contributed by atoms with Gasteiger partial charge in [0.2, 0.25) is 5.91 Å². The number of carboxylic acid groups (broad SMARTS) is 2. The van der Waals surface area contributed by atoms with Gasteiger partial charge in [-0.05, 0) is 34.7 Å². The number of carboxylic acids is 2. The van der Waals surface area contributed by atoms with Crippen molar-refractivity contribution in [1.82, 2.24) is 0 Å². The van der Waals surface area contributed by atoms with Crippen molar-refractivity contribution in [3.05, 3.63) is 95.4 Å². The van der Waals surface area contributed by atoms with Gasteiger partial charge in [0.1, 0.15) is 11.5 Å². The molecule has 1 fully saturated rings. The third kappa shape index (κ3) is 11.8. The van der Waals surface area contributed by atoms with Gasteiger partial charge in [-0.25, -0.2) is 0 Å². The number of carbonyl (C=O) groups is 3. The molecule has 0 bridgehead atoms. The molecule has 0 saturated heterocycles. The van der Waals surface area contributed by atoms with Crippen molar-refractivity contribution in [2.45, 2.75) is 103 Å². The summed E-state index contributed by atoms with van der Waals surface area (Å²) < 4.78 is 6.14. The minimum atomic E-state index is -1.08. The molecule has 0 unspecified atom stereocenters. The number of rotatable bonds is 11. The van der Waals surface area contributed by atoms with Crippen LogP contribution in [0.2, 0.25) is 0 Å². The first-order valence-electron chi connectivity index (χ1n) is 16.6. The van der Waals surface area contributed by atoms with Crippen LogP contribution in [0.4, 0.5) is 5.69 Å². The Bertz CT molecular complexity index is 1430. The normalized spacial score (nSPS) is 14.3. The predicted molar refractivity (Wildman–Crippen MR) is 182 cm³/mol. The number of ether oxygens (including phenoxy) is 1. The average molecular weight is 650 g/mol. The van der Waals surface area contributed by atoms with Crippen LogP contribution in [0, 0.1) is 12.3 Å². The van der Waals surface area contributed by atoms with Crippen LogP contribution < -0.4 is 39.6 Å². The molecule has 3 aromatic rings. The van der Waals surface area contributed by atoms with E-state index < -0.39 is 11.9 Å². The Hall–Kier alpha value is -3.13. The molecule has 0 atom stereocenters. The van der Waals surface area contributed by atoms with Gasteiger partial charge in [0.25, 0.3) is 0 Å². The molecule has 246 valence electrons. The quantitative estimate of drug-likeness (QED) is 0.128. The summed E-state index contributed by atoms with van der Waals surface area (Å²) >= 11 is 0. The summed E-state index contributed by atoms with van der Waals surface area (Å²) in [5.74, 6) is 0.415.